The molecular formula is C13H15ClO3. The Bertz CT molecular complexity index is 435. The zero-order valence-electron chi connectivity index (χ0n) is 10.2. The first-order chi connectivity index (χ1) is 8.19. The normalized spacial score (nSPS) is 9.59. The molecule has 0 saturated carbocycles. The van der Waals surface area contributed by atoms with Crippen LogP contribution >= 0.6 is 11.6 Å². The highest BCUT2D eigenvalue weighted by molar-refractivity contribution is 6.32. The Morgan fingerprint density at radius 3 is 2.18 bits per heavy atom. The number of ether oxygens (including phenoxy) is 3. The summed E-state index contributed by atoms with van der Waals surface area (Å²) < 4.78 is 15.8. The van der Waals surface area contributed by atoms with E-state index >= 15 is 0 Å². The summed E-state index contributed by atoms with van der Waals surface area (Å²) in [4.78, 5) is 0. The summed E-state index contributed by atoms with van der Waals surface area (Å²) >= 11 is 6.11. The Morgan fingerprint density at radius 2 is 1.71 bits per heavy atom. The van der Waals surface area contributed by atoms with Crippen molar-refractivity contribution in [1.29, 1.82) is 0 Å². The lowest BCUT2D eigenvalue weighted by Gasteiger charge is -2.16. The highest BCUT2D eigenvalue weighted by atomic mass is 35.5. The Labute approximate surface area is 107 Å². The summed E-state index contributed by atoms with van der Waals surface area (Å²) in [6, 6.07) is 1.79. The van der Waals surface area contributed by atoms with Gasteiger partial charge in [-0.1, -0.05) is 11.6 Å². The first-order valence-electron chi connectivity index (χ1n) is 5.10. The molecular weight excluding hydrogens is 240 g/mol. The molecule has 0 aliphatic heterocycles. The van der Waals surface area contributed by atoms with Crippen LogP contribution < -0.4 is 14.2 Å². The summed E-state index contributed by atoms with van der Waals surface area (Å²) in [6.45, 7) is 0. The van der Waals surface area contributed by atoms with Crippen LogP contribution in [-0.2, 0) is 6.42 Å². The third-order valence-electron chi connectivity index (χ3n) is 2.37. The molecule has 0 amide bonds. The SMILES string of the molecule is C#CCCc1cc(Cl)c(OC)c(OC)c1OC. The number of benzene rings is 1. The molecule has 0 spiro atoms. The second kappa shape index (κ2) is 6.27. The predicted molar refractivity (Wildman–Crippen MR) is 68.3 cm³/mol. The first kappa shape index (κ1) is 13.5. The largest absolute Gasteiger partial charge is 0.492 e. The van der Waals surface area contributed by atoms with E-state index in [9.17, 15) is 0 Å². The Kier molecular flexibility index (Phi) is 4.99. The van der Waals surface area contributed by atoms with Gasteiger partial charge in [0.05, 0.1) is 26.4 Å². The van der Waals surface area contributed by atoms with Crippen LogP contribution in [0.1, 0.15) is 12.0 Å². The van der Waals surface area contributed by atoms with E-state index in [4.69, 9.17) is 32.2 Å². The molecule has 1 aromatic carbocycles. The maximum Gasteiger partial charge on any atom is 0.205 e. The van der Waals surface area contributed by atoms with Crippen LogP contribution in [0.2, 0.25) is 5.02 Å². The van der Waals surface area contributed by atoms with E-state index in [1.807, 2.05) is 0 Å². The summed E-state index contributed by atoms with van der Waals surface area (Å²) in [7, 11) is 4.65. The topological polar surface area (TPSA) is 27.7 Å². The van der Waals surface area contributed by atoms with E-state index in [0.717, 1.165) is 5.56 Å². The Balaban J connectivity index is 3.32. The van der Waals surface area contributed by atoms with Crippen LogP contribution in [-0.4, -0.2) is 21.3 Å². The molecule has 17 heavy (non-hydrogen) atoms. The lowest BCUT2D eigenvalue weighted by Crippen LogP contribution is -1.99. The minimum Gasteiger partial charge on any atom is -0.492 e. The van der Waals surface area contributed by atoms with Gasteiger partial charge in [-0.05, 0) is 12.5 Å². The van der Waals surface area contributed by atoms with Crippen molar-refractivity contribution in [1.82, 2.24) is 0 Å². The average Bonchev–Trinajstić information content (AvgIpc) is 2.35. The van der Waals surface area contributed by atoms with Crippen molar-refractivity contribution in [2.75, 3.05) is 21.3 Å². The molecule has 0 atom stereocenters. The number of terminal acetylenes is 1. The molecule has 0 unspecified atom stereocenters. The number of hydrogen-bond donors (Lipinski definition) is 0. The standard InChI is InChI=1S/C13H15ClO3/c1-5-6-7-9-8-10(14)12(16-3)13(17-4)11(9)15-2/h1,8H,6-7H2,2-4H3. The molecule has 3 nitrogen and oxygen atoms in total. The molecule has 0 aliphatic rings. The van der Waals surface area contributed by atoms with Crippen molar-refractivity contribution < 1.29 is 14.2 Å². The molecule has 0 saturated heterocycles. The molecule has 4 heteroatoms. The molecule has 0 aromatic heterocycles. The van der Waals surface area contributed by atoms with Gasteiger partial charge in [0.15, 0.2) is 11.5 Å². The minimum atomic E-state index is 0.468. The fourth-order valence-electron chi connectivity index (χ4n) is 1.63. The van der Waals surface area contributed by atoms with E-state index in [1.54, 1.807) is 20.3 Å². The third-order valence-corrected chi connectivity index (χ3v) is 2.65. The van der Waals surface area contributed by atoms with Crippen LogP contribution in [0, 0.1) is 12.3 Å². The smallest absolute Gasteiger partial charge is 0.205 e. The van der Waals surface area contributed by atoms with Gasteiger partial charge in [-0.15, -0.1) is 12.3 Å². The van der Waals surface area contributed by atoms with Crippen LogP contribution in [0.5, 0.6) is 17.2 Å². The summed E-state index contributed by atoms with van der Waals surface area (Å²) in [5.41, 5.74) is 0.910. The van der Waals surface area contributed by atoms with Crippen molar-refractivity contribution >= 4 is 11.6 Å². The lowest BCUT2D eigenvalue weighted by atomic mass is 10.1. The van der Waals surface area contributed by atoms with Gasteiger partial charge in [-0.25, -0.2) is 0 Å². The third kappa shape index (κ3) is 2.78. The van der Waals surface area contributed by atoms with E-state index < -0.39 is 0 Å². The number of halogens is 1. The second-order valence-electron chi connectivity index (χ2n) is 3.32. The fraction of sp³-hybridized carbons (Fsp3) is 0.385. The number of methoxy groups -OCH3 is 3. The van der Waals surface area contributed by atoms with E-state index in [1.165, 1.54) is 7.11 Å². The van der Waals surface area contributed by atoms with E-state index in [2.05, 4.69) is 5.92 Å². The van der Waals surface area contributed by atoms with Crippen molar-refractivity contribution in [3.63, 3.8) is 0 Å². The van der Waals surface area contributed by atoms with Crippen molar-refractivity contribution in [2.24, 2.45) is 0 Å². The van der Waals surface area contributed by atoms with E-state index in [-0.39, 0.29) is 0 Å². The van der Waals surface area contributed by atoms with Crippen molar-refractivity contribution in [3.05, 3.63) is 16.7 Å². The van der Waals surface area contributed by atoms with Gasteiger partial charge in [0.25, 0.3) is 0 Å². The van der Waals surface area contributed by atoms with Gasteiger partial charge >= 0.3 is 0 Å². The van der Waals surface area contributed by atoms with Crippen molar-refractivity contribution in [3.8, 4) is 29.6 Å². The van der Waals surface area contributed by atoms with Crippen LogP contribution in [0.25, 0.3) is 0 Å². The molecule has 0 fully saturated rings. The monoisotopic (exact) mass is 254 g/mol. The van der Waals surface area contributed by atoms with Gasteiger partial charge in [0, 0.05) is 12.0 Å². The zero-order chi connectivity index (χ0) is 12.8. The average molecular weight is 255 g/mol. The van der Waals surface area contributed by atoms with Crippen molar-refractivity contribution in [2.45, 2.75) is 12.8 Å². The Morgan fingerprint density at radius 1 is 1.12 bits per heavy atom. The molecule has 92 valence electrons. The summed E-state index contributed by atoms with van der Waals surface area (Å²) in [6.07, 6.45) is 6.55. The first-order valence-corrected chi connectivity index (χ1v) is 5.48. The van der Waals surface area contributed by atoms with E-state index in [0.29, 0.717) is 35.1 Å². The van der Waals surface area contributed by atoms with Crippen LogP contribution in [0.15, 0.2) is 6.07 Å². The van der Waals surface area contributed by atoms with Gasteiger partial charge in [0.1, 0.15) is 0 Å². The summed E-state index contributed by atoms with van der Waals surface area (Å²) in [5.74, 6) is 4.16. The molecule has 0 N–H and O–H groups in total. The lowest BCUT2D eigenvalue weighted by molar-refractivity contribution is 0.322. The molecule has 0 bridgehead atoms. The fourth-order valence-corrected chi connectivity index (χ4v) is 1.93. The zero-order valence-corrected chi connectivity index (χ0v) is 10.9. The second-order valence-corrected chi connectivity index (χ2v) is 3.73. The highest BCUT2D eigenvalue weighted by Crippen LogP contribution is 2.45. The molecule has 1 aromatic rings. The Hall–Kier alpha value is -1.53. The molecule has 1 rings (SSSR count). The van der Waals surface area contributed by atoms with Gasteiger partial charge in [0.2, 0.25) is 5.75 Å². The van der Waals surface area contributed by atoms with Crippen LogP contribution in [0.3, 0.4) is 0 Å². The molecule has 0 radical (unpaired) electrons. The number of rotatable bonds is 5. The van der Waals surface area contributed by atoms with Gasteiger partial charge < -0.3 is 14.2 Å². The van der Waals surface area contributed by atoms with Gasteiger partial charge in [-0.3, -0.25) is 0 Å². The highest BCUT2D eigenvalue weighted by Gasteiger charge is 2.19. The minimum absolute atomic E-state index is 0.468. The maximum atomic E-state index is 6.11. The van der Waals surface area contributed by atoms with Gasteiger partial charge in [-0.2, -0.15) is 0 Å². The quantitative estimate of drug-likeness (QED) is 0.756. The summed E-state index contributed by atoms with van der Waals surface area (Å²) in [5, 5.41) is 0.483. The predicted octanol–water partition coefficient (Wildman–Crippen LogP) is 2.93. The molecule has 0 heterocycles. The molecule has 0 aliphatic carbocycles. The van der Waals surface area contributed by atoms with Crippen LogP contribution in [0.4, 0.5) is 0 Å². The number of hydrogen-bond acceptors (Lipinski definition) is 3. The maximum absolute atomic E-state index is 6.11. The number of aryl methyl sites for hydroxylation is 1.